The number of ether oxygens (including phenoxy) is 2. The zero-order chi connectivity index (χ0) is 17.7. The molecule has 2 aromatic rings. The molecule has 0 saturated carbocycles. The zero-order valence-electron chi connectivity index (χ0n) is 15.2. The van der Waals surface area contributed by atoms with Crippen molar-refractivity contribution in [1.29, 1.82) is 0 Å². The molecule has 0 amide bonds. The number of anilines is 1. The van der Waals surface area contributed by atoms with Crippen LogP contribution in [0.25, 0.3) is 10.2 Å². The summed E-state index contributed by atoms with van der Waals surface area (Å²) in [6, 6.07) is 6.66. The fourth-order valence-corrected chi connectivity index (χ4v) is 5.24. The van der Waals surface area contributed by atoms with Gasteiger partial charge in [-0.05, 0) is 51.9 Å². The second-order valence-corrected chi connectivity index (χ2v) is 8.78. The Kier molecular flexibility index (Phi) is 3.83. The summed E-state index contributed by atoms with van der Waals surface area (Å²) in [6.45, 7) is 8.21. The van der Waals surface area contributed by atoms with E-state index in [4.69, 9.17) is 14.5 Å². The molecule has 4 aliphatic heterocycles. The van der Waals surface area contributed by atoms with Crippen molar-refractivity contribution in [3.8, 4) is 5.75 Å². The second-order valence-electron chi connectivity index (χ2n) is 7.75. The third-order valence-corrected chi connectivity index (χ3v) is 6.51. The molecule has 0 radical (unpaired) electrons. The lowest BCUT2D eigenvalue weighted by Crippen LogP contribution is -2.61. The standard InChI is InChI=1S/C19H24N4O2S/c1-12(2)24-14-4-3-5-15-16(14)21-18(26-15)22-17-20-10-19(25-17)11-23-8-6-13(19)7-9-23/h3-5,12-13H,6-11H2,1-2H3,(H,20,21,22)/t19-/m0/s1. The molecule has 1 N–H and O–H groups in total. The largest absolute Gasteiger partial charge is 0.489 e. The van der Waals surface area contributed by atoms with E-state index in [9.17, 15) is 0 Å². The van der Waals surface area contributed by atoms with E-state index in [2.05, 4.69) is 21.3 Å². The zero-order valence-corrected chi connectivity index (χ0v) is 16.0. The average Bonchev–Trinajstić information content (AvgIpc) is 3.20. The minimum atomic E-state index is -0.124. The van der Waals surface area contributed by atoms with E-state index in [1.54, 1.807) is 11.3 Å². The third kappa shape index (κ3) is 2.74. The summed E-state index contributed by atoms with van der Waals surface area (Å²) in [5.74, 6) is 1.45. The normalized spacial score (nSPS) is 30.0. The van der Waals surface area contributed by atoms with Crippen molar-refractivity contribution in [3.05, 3.63) is 18.2 Å². The monoisotopic (exact) mass is 372 g/mol. The van der Waals surface area contributed by atoms with Crippen molar-refractivity contribution in [2.45, 2.75) is 38.4 Å². The van der Waals surface area contributed by atoms with E-state index < -0.39 is 0 Å². The van der Waals surface area contributed by atoms with Gasteiger partial charge in [0.15, 0.2) is 5.13 Å². The lowest BCUT2D eigenvalue weighted by molar-refractivity contribution is -0.0829. The van der Waals surface area contributed by atoms with Crippen molar-refractivity contribution < 1.29 is 9.47 Å². The molecule has 1 atom stereocenters. The first kappa shape index (κ1) is 16.3. The van der Waals surface area contributed by atoms with Gasteiger partial charge >= 0.3 is 0 Å². The van der Waals surface area contributed by atoms with E-state index in [1.807, 2.05) is 26.0 Å². The highest BCUT2D eigenvalue weighted by Crippen LogP contribution is 2.41. The molecule has 6 rings (SSSR count). The molecular formula is C19H24N4O2S. The Labute approximate surface area is 157 Å². The average molecular weight is 372 g/mol. The van der Waals surface area contributed by atoms with Gasteiger partial charge in [0.2, 0.25) is 0 Å². The number of nitrogens with one attached hydrogen (secondary N) is 1. The van der Waals surface area contributed by atoms with Crippen LogP contribution >= 0.6 is 11.3 Å². The molecule has 1 spiro atoms. The molecule has 3 saturated heterocycles. The second kappa shape index (κ2) is 6.09. The van der Waals surface area contributed by atoms with Crippen molar-refractivity contribution in [2.75, 3.05) is 31.5 Å². The minimum Gasteiger partial charge on any atom is -0.489 e. The summed E-state index contributed by atoms with van der Waals surface area (Å²) in [5, 5.41) is 4.11. The highest BCUT2D eigenvalue weighted by atomic mass is 32.1. The molecule has 6 nitrogen and oxygen atoms in total. The van der Waals surface area contributed by atoms with Crippen LogP contribution in [-0.4, -0.2) is 53.8 Å². The molecule has 26 heavy (non-hydrogen) atoms. The van der Waals surface area contributed by atoms with Crippen LogP contribution in [0.15, 0.2) is 23.2 Å². The van der Waals surface area contributed by atoms with Crippen LogP contribution < -0.4 is 10.1 Å². The van der Waals surface area contributed by atoms with Gasteiger partial charge in [0.1, 0.15) is 16.9 Å². The number of nitrogens with zero attached hydrogens (tertiary/aromatic N) is 3. The number of rotatable bonds is 3. The number of fused-ring (bicyclic) bond motifs is 3. The molecule has 1 aromatic heterocycles. The van der Waals surface area contributed by atoms with Gasteiger partial charge in [0.05, 0.1) is 17.3 Å². The van der Waals surface area contributed by atoms with Crippen LogP contribution in [0.2, 0.25) is 0 Å². The van der Waals surface area contributed by atoms with Gasteiger partial charge in [0.25, 0.3) is 6.02 Å². The van der Waals surface area contributed by atoms with Crippen molar-refractivity contribution >= 4 is 32.7 Å². The van der Waals surface area contributed by atoms with Gasteiger partial charge in [0, 0.05) is 12.5 Å². The number of thiazole rings is 1. The molecule has 5 heterocycles. The first-order valence-electron chi connectivity index (χ1n) is 9.40. The predicted molar refractivity (Wildman–Crippen MR) is 104 cm³/mol. The predicted octanol–water partition coefficient (Wildman–Crippen LogP) is 3.35. The fraction of sp³-hybridized carbons (Fsp3) is 0.579. The van der Waals surface area contributed by atoms with Gasteiger partial charge in [-0.25, -0.2) is 9.98 Å². The van der Waals surface area contributed by atoms with E-state index >= 15 is 0 Å². The number of para-hydroxylation sites is 1. The van der Waals surface area contributed by atoms with Crippen molar-refractivity contribution in [2.24, 2.45) is 10.9 Å². The molecule has 4 aliphatic rings. The topological polar surface area (TPSA) is 59.0 Å². The smallest absolute Gasteiger partial charge is 0.291 e. The molecule has 3 fully saturated rings. The third-order valence-electron chi connectivity index (χ3n) is 5.57. The van der Waals surface area contributed by atoms with Crippen LogP contribution in [-0.2, 0) is 4.74 Å². The van der Waals surface area contributed by atoms with E-state index in [0.29, 0.717) is 11.9 Å². The highest BCUT2D eigenvalue weighted by Gasteiger charge is 2.51. The first-order chi connectivity index (χ1) is 12.6. The SMILES string of the molecule is CC(C)Oc1cccc2sc(NC3=NC[C@@]4(CN5CCC4CC5)O3)nc12. The highest BCUT2D eigenvalue weighted by molar-refractivity contribution is 7.22. The van der Waals surface area contributed by atoms with Gasteiger partial charge < -0.3 is 9.47 Å². The summed E-state index contributed by atoms with van der Waals surface area (Å²) in [7, 11) is 0. The van der Waals surface area contributed by atoms with E-state index in [0.717, 1.165) is 34.2 Å². The molecule has 1 aromatic carbocycles. The van der Waals surface area contributed by atoms with Gasteiger partial charge in [-0.3, -0.25) is 10.2 Å². The fourth-order valence-electron chi connectivity index (χ4n) is 4.36. The number of aromatic nitrogens is 1. The first-order valence-corrected chi connectivity index (χ1v) is 10.2. The van der Waals surface area contributed by atoms with Gasteiger partial charge in [-0.1, -0.05) is 17.4 Å². The van der Waals surface area contributed by atoms with Crippen LogP contribution in [0, 0.1) is 5.92 Å². The Hall–Kier alpha value is -1.86. The number of amidine groups is 1. The van der Waals surface area contributed by atoms with Crippen LogP contribution in [0.4, 0.5) is 5.13 Å². The van der Waals surface area contributed by atoms with E-state index in [-0.39, 0.29) is 11.7 Å². The van der Waals surface area contributed by atoms with E-state index in [1.165, 1.54) is 25.9 Å². The van der Waals surface area contributed by atoms with Gasteiger partial charge in [-0.15, -0.1) is 0 Å². The van der Waals surface area contributed by atoms with Crippen LogP contribution in [0.5, 0.6) is 5.75 Å². The Morgan fingerprint density at radius 1 is 1.35 bits per heavy atom. The summed E-state index contributed by atoms with van der Waals surface area (Å²) in [6.07, 6.45) is 2.57. The Morgan fingerprint density at radius 2 is 2.19 bits per heavy atom. The summed E-state index contributed by atoms with van der Waals surface area (Å²) < 4.78 is 13.3. The summed E-state index contributed by atoms with van der Waals surface area (Å²) in [4.78, 5) is 11.9. The van der Waals surface area contributed by atoms with Gasteiger partial charge in [-0.2, -0.15) is 0 Å². The Morgan fingerprint density at radius 3 is 2.92 bits per heavy atom. The lowest BCUT2D eigenvalue weighted by Gasteiger charge is -2.50. The number of hydrogen-bond acceptors (Lipinski definition) is 7. The quantitative estimate of drug-likeness (QED) is 0.895. The molecule has 7 heteroatoms. The molecule has 0 aliphatic carbocycles. The number of hydrogen-bond donors (Lipinski definition) is 1. The molecule has 0 unspecified atom stereocenters. The maximum absolute atomic E-state index is 6.35. The number of piperidine rings is 3. The number of benzene rings is 1. The summed E-state index contributed by atoms with van der Waals surface area (Å²) in [5.41, 5.74) is 0.770. The van der Waals surface area contributed by atoms with Crippen molar-refractivity contribution in [1.82, 2.24) is 9.88 Å². The maximum atomic E-state index is 6.35. The Bertz CT molecular complexity index is 856. The van der Waals surface area contributed by atoms with Crippen molar-refractivity contribution in [3.63, 3.8) is 0 Å². The summed E-state index contributed by atoms with van der Waals surface area (Å²) >= 11 is 1.60. The lowest BCUT2D eigenvalue weighted by atomic mass is 9.75. The maximum Gasteiger partial charge on any atom is 0.291 e. The molecule has 2 bridgehead atoms. The van der Waals surface area contributed by atoms with Crippen LogP contribution in [0.3, 0.4) is 0 Å². The Balaban J connectivity index is 1.34. The van der Waals surface area contributed by atoms with Crippen LogP contribution in [0.1, 0.15) is 26.7 Å². The molecular weight excluding hydrogens is 348 g/mol. The molecule has 138 valence electrons. The number of aliphatic imine (C=N–C) groups is 1. The minimum absolute atomic E-state index is 0.123.